The summed E-state index contributed by atoms with van der Waals surface area (Å²) in [4.78, 5) is 11.9. The molecule has 0 radical (unpaired) electrons. The second-order valence-electron chi connectivity index (χ2n) is 5.60. The zero-order chi connectivity index (χ0) is 15.1. The van der Waals surface area contributed by atoms with Gasteiger partial charge in [-0.1, -0.05) is 30.3 Å². The second kappa shape index (κ2) is 8.12. The van der Waals surface area contributed by atoms with Crippen molar-refractivity contribution in [3.8, 4) is 0 Å². The Kier molecular flexibility index (Phi) is 6.17. The number of hydrogen-bond acceptors (Lipinski definition) is 4. The monoisotopic (exact) mass is 292 g/mol. The Morgan fingerprint density at radius 3 is 2.67 bits per heavy atom. The summed E-state index contributed by atoms with van der Waals surface area (Å²) in [5, 5.41) is 12.8. The third kappa shape index (κ3) is 5.12. The van der Waals surface area contributed by atoms with Crippen molar-refractivity contribution in [3.63, 3.8) is 0 Å². The van der Waals surface area contributed by atoms with Crippen molar-refractivity contribution in [2.24, 2.45) is 11.7 Å². The summed E-state index contributed by atoms with van der Waals surface area (Å²) >= 11 is 0. The predicted octanol–water partition coefficient (Wildman–Crippen LogP) is 0.460. The molecule has 0 spiro atoms. The van der Waals surface area contributed by atoms with Gasteiger partial charge in [0.05, 0.1) is 0 Å². The van der Waals surface area contributed by atoms with Crippen LogP contribution < -0.4 is 11.1 Å². The van der Waals surface area contributed by atoms with Crippen LogP contribution in [0.15, 0.2) is 30.3 Å². The number of carbonyl (C=O) groups is 1. The number of aliphatic hydroxyl groups excluding tert-OH is 1. The quantitative estimate of drug-likeness (QED) is 0.711. The number of carbonyl (C=O) groups excluding carboxylic acids is 1. The fourth-order valence-corrected chi connectivity index (χ4v) is 2.49. The average molecular weight is 292 g/mol. The first-order chi connectivity index (χ1) is 10.2. The van der Waals surface area contributed by atoms with Crippen LogP contribution in [-0.4, -0.2) is 42.9 Å². The molecule has 0 aliphatic carbocycles. The van der Waals surface area contributed by atoms with Crippen LogP contribution >= 0.6 is 0 Å². The molecule has 5 heteroatoms. The van der Waals surface area contributed by atoms with Crippen molar-refractivity contribution < 1.29 is 14.6 Å². The molecule has 1 aromatic carbocycles. The lowest BCUT2D eigenvalue weighted by atomic mass is 9.99. The zero-order valence-corrected chi connectivity index (χ0v) is 12.2. The van der Waals surface area contributed by atoms with E-state index in [1.165, 1.54) is 0 Å². The molecule has 0 aromatic heterocycles. The number of ether oxygens (including phenoxy) is 1. The first-order valence-electron chi connectivity index (χ1n) is 7.50. The van der Waals surface area contributed by atoms with Crippen LogP contribution in [0.3, 0.4) is 0 Å². The van der Waals surface area contributed by atoms with Gasteiger partial charge in [0.15, 0.2) is 0 Å². The Hall–Kier alpha value is -1.43. The first kappa shape index (κ1) is 15.9. The molecular weight excluding hydrogens is 268 g/mol. The van der Waals surface area contributed by atoms with E-state index in [2.05, 4.69) is 5.32 Å². The van der Waals surface area contributed by atoms with Crippen LogP contribution in [0.5, 0.6) is 0 Å². The molecule has 0 saturated carbocycles. The van der Waals surface area contributed by atoms with Crippen LogP contribution in [0, 0.1) is 5.92 Å². The predicted molar refractivity (Wildman–Crippen MR) is 80.7 cm³/mol. The fourth-order valence-electron chi connectivity index (χ4n) is 2.49. The summed E-state index contributed by atoms with van der Waals surface area (Å²) in [5.41, 5.74) is 6.94. The molecule has 21 heavy (non-hydrogen) atoms. The molecule has 0 unspecified atom stereocenters. The summed E-state index contributed by atoms with van der Waals surface area (Å²) in [7, 11) is 0. The van der Waals surface area contributed by atoms with E-state index in [0.717, 1.165) is 31.6 Å². The second-order valence-corrected chi connectivity index (χ2v) is 5.60. The van der Waals surface area contributed by atoms with Crippen LogP contribution in [-0.2, 0) is 16.0 Å². The van der Waals surface area contributed by atoms with Crippen LogP contribution in [0.4, 0.5) is 0 Å². The average Bonchev–Trinajstić information content (AvgIpc) is 2.53. The van der Waals surface area contributed by atoms with Crippen molar-refractivity contribution in [1.82, 2.24) is 5.32 Å². The molecule has 4 N–H and O–H groups in total. The number of benzene rings is 1. The van der Waals surface area contributed by atoms with Crippen LogP contribution in [0.25, 0.3) is 0 Å². The molecule has 1 fully saturated rings. The number of rotatable bonds is 6. The van der Waals surface area contributed by atoms with E-state index in [1.54, 1.807) is 0 Å². The third-order valence-electron chi connectivity index (χ3n) is 3.89. The van der Waals surface area contributed by atoms with Gasteiger partial charge >= 0.3 is 0 Å². The molecular formula is C16H24N2O3. The van der Waals surface area contributed by atoms with Crippen LogP contribution in [0.2, 0.25) is 0 Å². The minimum Gasteiger partial charge on any atom is -0.382 e. The summed E-state index contributed by atoms with van der Waals surface area (Å²) in [6, 6.07) is 9.03. The molecule has 1 aliphatic rings. The highest BCUT2D eigenvalue weighted by atomic mass is 16.5. The lowest BCUT2D eigenvalue weighted by Gasteiger charge is -2.24. The topological polar surface area (TPSA) is 84.6 Å². The van der Waals surface area contributed by atoms with Crippen LogP contribution in [0.1, 0.15) is 18.4 Å². The van der Waals surface area contributed by atoms with E-state index in [9.17, 15) is 9.90 Å². The normalized spacial score (nSPS) is 19.0. The van der Waals surface area contributed by atoms with E-state index in [1.807, 2.05) is 30.3 Å². The molecule has 5 nitrogen and oxygen atoms in total. The van der Waals surface area contributed by atoms with Crippen molar-refractivity contribution in [1.29, 1.82) is 0 Å². The Morgan fingerprint density at radius 2 is 2.00 bits per heavy atom. The van der Waals surface area contributed by atoms with Gasteiger partial charge in [-0.2, -0.15) is 0 Å². The number of nitrogens with two attached hydrogens (primary N) is 1. The fraction of sp³-hybridized carbons (Fsp3) is 0.562. The van der Waals surface area contributed by atoms with Gasteiger partial charge in [-0.25, -0.2) is 0 Å². The van der Waals surface area contributed by atoms with Gasteiger partial charge < -0.3 is 20.9 Å². The molecule has 1 aromatic rings. The summed E-state index contributed by atoms with van der Waals surface area (Å²) in [6.45, 7) is 2.07. The van der Waals surface area contributed by atoms with Gasteiger partial charge in [0, 0.05) is 25.8 Å². The number of amides is 1. The molecule has 1 aliphatic heterocycles. The van der Waals surface area contributed by atoms with Crippen molar-refractivity contribution in [2.75, 3.05) is 19.8 Å². The minimum absolute atomic E-state index is 0.384. The molecule has 2 atom stereocenters. The third-order valence-corrected chi connectivity index (χ3v) is 3.89. The molecule has 1 heterocycles. The zero-order valence-electron chi connectivity index (χ0n) is 12.2. The van der Waals surface area contributed by atoms with Crippen molar-refractivity contribution in [3.05, 3.63) is 35.9 Å². The summed E-state index contributed by atoms with van der Waals surface area (Å²) < 4.78 is 5.28. The van der Waals surface area contributed by atoms with E-state index < -0.39 is 12.1 Å². The smallest absolute Gasteiger partial charge is 0.250 e. The highest BCUT2D eigenvalue weighted by molar-refractivity contribution is 5.81. The largest absolute Gasteiger partial charge is 0.382 e. The maximum Gasteiger partial charge on any atom is 0.250 e. The molecule has 116 valence electrons. The van der Waals surface area contributed by atoms with E-state index in [-0.39, 0.29) is 5.91 Å². The Balaban J connectivity index is 1.75. The van der Waals surface area contributed by atoms with E-state index in [0.29, 0.717) is 18.9 Å². The maximum atomic E-state index is 11.9. The number of nitrogens with one attached hydrogen (secondary N) is 1. The standard InChI is InChI=1S/C16H24N2O3/c17-14(10-12-4-2-1-3-5-12)15(19)16(20)18-11-13-6-8-21-9-7-13/h1-5,13-15,19H,6-11,17H2,(H,18,20)/t14-,15+/m1/s1. The lowest BCUT2D eigenvalue weighted by Crippen LogP contribution is -2.48. The maximum absolute atomic E-state index is 11.9. The Bertz CT molecular complexity index is 432. The van der Waals surface area contributed by atoms with E-state index in [4.69, 9.17) is 10.5 Å². The Morgan fingerprint density at radius 1 is 1.33 bits per heavy atom. The van der Waals surface area contributed by atoms with Gasteiger partial charge in [0.25, 0.3) is 0 Å². The summed E-state index contributed by atoms with van der Waals surface area (Å²) in [5.74, 6) is 0.0465. The highest BCUT2D eigenvalue weighted by Crippen LogP contribution is 2.13. The molecule has 2 rings (SSSR count). The number of hydrogen-bond donors (Lipinski definition) is 3. The van der Waals surface area contributed by atoms with Gasteiger partial charge in [0.1, 0.15) is 6.10 Å². The van der Waals surface area contributed by atoms with Crippen molar-refractivity contribution >= 4 is 5.91 Å². The SMILES string of the molecule is N[C@H](Cc1ccccc1)[C@H](O)C(=O)NCC1CCOCC1. The molecule has 1 amide bonds. The minimum atomic E-state index is -1.18. The van der Waals surface area contributed by atoms with E-state index >= 15 is 0 Å². The highest BCUT2D eigenvalue weighted by Gasteiger charge is 2.24. The van der Waals surface area contributed by atoms with Gasteiger partial charge in [-0.15, -0.1) is 0 Å². The number of aliphatic hydroxyl groups is 1. The van der Waals surface area contributed by atoms with Crippen molar-refractivity contribution in [2.45, 2.75) is 31.4 Å². The van der Waals surface area contributed by atoms with Gasteiger partial charge in [-0.3, -0.25) is 4.79 Å². The van der Waals surface area contributed by atoms with Gasteiger partial charge in [-0.05, 0) is 30.7 Å². The first-order valence-corrected chi connectivity index (χ1v) is 7.50. The summed E-state index contributed by atoms with van der Waals surface area (Å²) in [6.07, 6.45) is 1.20. The lowest BCUT2D eigenvalue weighted by molar-refractivity contribution is -0.130. The molecule has 1 saturated heterocycles. The molecule has 0 bridgehead atoms. The van der Waals surface area contributed by atoms with Gasteiger partial charge in [0.2, 0.25) is 5.91 Å². The Labute approximate surface area is 125 Å².